The van der Waals surface area contributed by atoms with E-state index in [1.807, 2.05) is 0 Å². The fourth-order valence-corrected chi connectivity index (χ4v) is 2.50. The third kappa shape index (κ3) is 2.98. The van der Waals surface area contributed by atoms with E-state index in [1.165, 1.54) is 26.1 Å². The van der Waals surface area contributed by atoms with Gasteiger partial charge in [-0.1, -0.05) is 6.92 Å². The number of likely N-dealkylation sites (tertiary alicyclic amines) is 1. The smallest absolute Gasteiger partial charge is 0.0645 e. The standard InChI is InChI=1S/C11H16BrN3/c1-2-15-4-3-9(8-15)5-11-6-10(12)7-13-14-11/h6-7,9H,2-5,8H2,1H3. The molecule has 1 saturated heterocycles. The fourth-order valence-electron chi connectivity index (χ4n) is 2.15. The molecule has 82 valence electrons. The number of hydrogen-bond acceptors (Lipinski definition) is 3. The van der Waals surface area contributed by atoms with Gasteiger partial charge >= 0.3 is 0 Å². The first-order chi connectivity index (χ1) is 7.28. The third-order valence-corrected chi connectivity index (χ3v) is 3.42. The van der Waals surface area contributed by atoms with Gasteiger partial charge in [-0.3, -0.25) is 0 Å². The van der Waals surface area contributed by atoms with Gasteiger partial charge in [0.2, 0.25) is 0 Å². The molecule has 4 heteroatoms. The molecule has 1 aromatic heterocycles. The van der Waals surface area contributed by atoms with Gasteiger partial charge in [0.15, 0.2) is 0 Å². The number of rotatable bonds is 3. The Balaban J connectivity index is 1.92. The maximum absolute atomic E-state index is 4.16. The SMILES string of the molecule is CCN1CCC(Cc2cc(Br)cnn2)C1. The molecule has 0 aliphatic carbocycles. The van der Waals surface area contributed by atoms with Crippen LogP contribution in [0.1, 0.15) is 19.0 Å². The molecule has 1 atom stereocenters. The first-order valence-electron chi connectivity index (χ1n) is 5.47. The summed E-state index contributed by atoms with van der Waals surface area (Å²) < 4.78 is 1.03. The first kappa shape index (κ1) is 11.0. The van der Waals surface area contributed by atoms with Crippen LogP contribution in [0.4, 0.5) is 0 Å². The highest BCUT2D eigenvalue weighted by atomic mass is 79.9. The van der Waals surface area contributed by atoms with E-state index in [0.29, 0.717) is 0 Å². The second-order valence-corrected chi connectivity index (χ2v) is 5.03. The van der Waals surface area contributed by atoms with Crippen LogP contribution in [0.5, 0.6) is 0 Å². The molecule has 15 heavy (non-hydrogen) atoms. The highest BCUT2D eigenvalue weighted by Gasteiger charge is 2.21. The Bertz CT molecular complexity index is 329. The van der Waals surface area contributed by atoms with E-state index in [1.54, 1.807) is 6.20 Å². The molecule has 0 radical (unpaired) electrons. The molecule has 2 rings (SSSR count). The van der Waals surface area contributed by atoms with Gasteiger partial charge in [-0.15, -0.1) is 0 Å². The van der Waals surface area contributed by atoms with Crippen LogP contribution in [0.15, 0.2) is 16.7 Å². The Kier molecular flexibility index (Phi) is 3.70. The van der Waals surface area contributed by atoms with Crippen molar-refractivity contribution in [3.8, 4) is 0 Å². The molecule has 3 nitrogen and oxygen atoms in total. The van der Waals surface area contributed by atoms with Crippen LogP contribution in [0.2, 0.25) is 0 Å². The van der Waals surface area contributed by atoms with Crippen molar-refractivity contribution in [3.63, 3.8) is 0 Å². The van der Waals surface area contributed by atoms with E-state index in [-0.39, 0.29) is 0 Å². The molecule has 0 N–H and O–H groups in total. The minimum absolute atomic E-state index is 0.758. The summed E-state index contributed by atoms with van der Waals surface area (Å²) in [5.41, 5.74) is 1.10. The van der Waals surface area contributed by atoms with Crippen LogP contribution in [-0.4, -0.2) is 34.7 Å². The number of hydrogen-bond donors (Lipinski definition) is 0. The summed E-state index contributed by atoms with van der Waals surface area (Å²) >= 11 is 3.42. The minimum Gasteiger partial charge on any atom is -0.303 e. The first-order valence-corrected chi connectivity index (χ1v) is 6.26. The Morgan fingerprint density at radius 2 is 2.47 bits per heavy atom. The van der Waals surface area contributed by atoms with E-state index < -0.39 is 0 Å². The number of halogens is 1. The lowest BCUT2D eigenvalue weighted by Gasteiger charge is -2.12. The predicted octanol–water partition coefficient (Wildman–Crippen LogP) is 2.12. The molecule has 1 aliphatic heterocycles. The quantitative estimate of drug-likeness (QED) is 0.842. The molecule has 0 spiro atoms. The molecule has 0 aromatic carbocycles. The summed E-state index contributed by atoms with van der Waals surface area (Å²) in [6, 6.07) is 2.07. The van der Waals surface area contributed by atoms with Crippen molar-refractivity contribution in [1.82, 2.24) is 15.1 Å². The van der Waals surface area contributed by atoms with Crippen molar-refractivity contribution in [2.75, 3.05) is 19.6 Å². The topological polar surface area (TPSA) is 29.0 Å². The maximum Gasteiger partial charge on any atom is 0.0645 e. The number of nitrogens with zero attached hydrogens (tertiary/aromatic N) is 3. The largest absolute Gasteiger partial charge is 0.303 e. The summed E-state index contributed by atoms with van der Waals surface area (Å²) in [5, 5.41) is 8.11. The van der Waals surface area contributed by atoms with E-state index in [4.69, 9.17) is 0 Å². The van der Waals surface area contributed by atoms with Gasteiger partial charge in [-0.2, -0.15) is 10.2 Å². The Labute approximate surface area is 99.0 Å². The fraction of sp³-hybridized carbons (Fsp3) is 0.636. The molecular weight excluding hydrogens is 254 g/mol. The van der Waals surface area contributed by atoms with Gasteiger partial charge in [0, 0.05) is 11.0 Å². The molecule has 1 aliphatic rings. The minimum atomic E-state index is 0.758. The van der Waals surface area contributed by atoms with Crippen LogP contribution in [-0.2, 0) is 6.42 Å². The lowest BCUT2D eigenvalue weighted by atomic mass is 10.0. The van der Waals surface area contributed by atoms with Crippen molar-refractivity contribution in [2.45, 2.75) is 19.8 Å². The van der Waals surface area contributed by atoms with Crippen molar-refractivity contribution < 1.29 is 0 Å². The Hall–Kier alpha value is -0.480. The van der Waals surface area contributed by atoms with Gasteiger partial charge in [0.1, 0.15) is 0 Å². The summed E-state index contributed by atoms with van der Waals surface area (Å²) in [5.74, 6) is 0.758. The molecule has 0 amide bonds. The summed E-state index contributed by atoms with van der Waals surface area (Å²) in [7, 11) is 0. The van der Waals surface area contributed by atoms with Crippen molar-refractivity contribution in [2.24, 2.45) is 5.92 Å². The van der Waals surface area contributed by atoms with Gasteiger partial charge < -0.3 is 4.90 Å². The van der Waals surface area contributed by atoms with Crippen LogP contribution in [0.25, 0.3) is 0 Å². The summed E-state index contributed by atoms with van der Waals surface area (Å²) in [6.07, 6.45) is 4.08. The van der Waals surface area contributed by atoms with Crippen molar-refractivity contribution in [1.29, 1.82) is 0 Å². The van der Waals surface area contributed by atoms with Crippen LogP contribution >= 0.6 is 15.9 Å². The van der Waals surface area contributed by atoms with E-state index >= 15 is 0 Å². The normalized spacial score (nSPS) is 22.1. The second kappa shape index (κ2) is 5.03. The Morgan fingerprint density at radius 3 is 3.13 bits per heavy atom. The lowest BCUT2D eigenvalue weighted by Crippen LogP contribution is -2.20. The van der Waals surface area contributed by atoms with Gasteiger partial charge in [0.25, 0.3) is 0 Å². The molecule has 0 saturated carbocycles. The average molecular weight is 270 g/mol. The number of aromatic nitrogens is 2. The van der Waals surface area contributed by atoms with Crippen molar-refractivity contribution >= 4 is 15.9 Å². The molecule has 0 bridgehead atoms. The zero-order valence-electron chi connectivity index (χ0n) is 8.99. The van der Waals surface area contributed by atoms with Gasteiger partial charge in [-0.25, -0.2) is 0 Å². The molecule has 1 unspecified atom stereocenters. The van der Waals surface area contributed by atoms with Crippen LogP contribution in [0, 0.1) is 5.92 Å². The maximum atomic E-state index is 4.16. The average Bonchev–Trinajstić information content (AvgIpc) is 2.65. The van der Waals surface area contributed by atoms with Gasteiger partial charge in [-0.05, 0) is 53.8 Å². The van der Waals surface area contributed by atoms with E-state index in [0.717, 1.165) is 22.5 Å². The Morgan fingerprint density at radius 1 is 1.60 bits per heavy atom. The summed E-state index contributed by atoms with van der Waals surface area (Å²) in [4.78, 5) is 2.50. The van der Waals surface area contributed by atoms with E-state index in [9.17, 15) is 0 Å². The molecule has 2 heterocycles. The molecule has 1 fully saturated rings. The molecular formula is C11H16BrN3. The monoisotopic (exact) mass is 269 g/mol. The third-order valence-electron chi connectivity index (χ3n) is 2.99. The van der Waals surface area contributed by atoms with Crippen LogP contribution < -0.4 is 0 Å². The van der Waals surface area contributed by atoms with Gasteiger partial charge in [0.05, 0.1) is 11.9 Å². The van der Waals surface area contributed by atoms with Crippen LogP contribution in [0.3, 0.4) is 0 Å². The molecule has 1 aromatic rings. The highest BCUT2D eigenvalue weighted by Crippen LogP contribution is 2.20. The zero-order valence-corrected chi connectivity index (χ0v) is 10.6. The second-order valence-electron chi connectivity index (χ2n) is 4.12. The summed E-state index contributed by atoms with van der Waals surface area (Å²) in [6.45, 7) is 5.84. The zero-order chi connectivity index (χ0) is 10.7. The van der Waals surface area contributed by atoms with Crippen molar-refractivity contribution in [3.05, 3.63) is 22.4 Å². The van der Waals surface area contributed by atoms with E-state index in [2.05, 4.69) is 44.0 Å². The lowest BCUT2D eigenvalue weighted by molar-refractivity contribution is 0.341. The highest BCUT2D eigenvalue weighted by molar-refractivity contribution is 9.10. The predicted molar refractivity (Wildman–Crippen MR) is 63.7 cm³/mol.